The van der Waals surface area contributed by atoms with Crippen LogP contribution in [0.5, 0.6) is 5.75 Å². The second-order valence-electron chi connectivity index (χ2n) is 14.8. The Balaban J connectivity index is 1.03. The third-order valence-corrected chi connectivity index (χ3v) is 11.8. The maximum atomic E-state index is 14.5. The number of methoxy groups -OCH3 is 1. The van der Waals surface area contributed by atoms with Crippen molar-refractivity contribution in [2.75, 3.05) is 58.3 Å². The summed E-state index contributed by atoms with van der Waals surface area (Å²) in [5.41, 5.74) is 4.31. The second-order valence-corrected chi connectivity index (χ2v) is 14.8. The summed E-state index contributed by atoms with van der Waals surface area (Å²) in [6.07, 6.45) is 7.82. The zero-order chi connectivity index (χ0) is 31.8. The van der Waals surface area contributed by atoms with Crippen LogP contribution >= 0.6 is 0 Å². The second kappa shape index (κ2) is 13.1. The smallest absolute Gasteiger partial charge is 0.198 e. The van der Waals surface area contributed by atoms with Crippen LogP contribution in [-0.4, -0.2) is 92.1 Å². The molecule has 8 nitrogen and oxygen atoms in total. The topological polar surface area (TPSA) is 64.9 Å². The molecule has 46 heavy (non-hydrogen) atoms. The Morgan fingerprint density at radius 2 is 1.98 bits per heavy atom. The van der Waals surface area contributed by atoms with Crippen LogP contribution in [0.3, 0.4) is 0 Å². The highest BCUT2D eigenvalue weighted by atomic mass is 19.1. The molecule has 2 bridgehead atoms. The Morgan fingerprint density at radius 1 is 1.13 bits per heavy atom. The van der Waals surface area contributed by atoms with Crippen molar-refractivity contribution in [3.05, 3.63) is 53.3 Å². The van der Waals surface area contributed by atoms with E-state index in [2.05, 4.69) is 59.0 Å². The number of hydrogen-bond acceptors (Lipinski definition) is 6. The van der Waals surface area contributed by atoms with Gasteiger partial charge in [0.25, 0.3) is 0 Å². The van der Waals surface area contributed by atoms with Gasteiger partial charge in [-0.15, -0.1) is 0 Å². The summed E-state index contributed by atoms with van der Waals surface area (Å²) in [5, 5.41) is 3.77. The monoisotopic (exact) mass is 630 g/mol. The molecule has 3 saturated carbocycles. The maximum Gasteiger partial charge on any atom is 0.198 e. The molecule has 8 rings (SSSR count). The van der Waals surface area contributed by atoms with Gasteiger partial charge in [0.05, 0.1) is 31.3 Å². The van der Waals surface area contributed by atoms with E-state index in [0.717, 1.165) is 75.0 Å². The lowest BCUT2D eigenvalue weighted by atomic mass is 9.45. The van der Waals surface area contributed by atoms with E-state index < -0.39 is 0 Å². The number of guanidine groups is 1. The highest BCUT2D eigenvalue weighted by molar-refractivity contribution is 5.94. The first-order valence-corrected chi connectivity index (χ1v) is 17.4. The fourth-order valence-corrected chi connectivity index (χ4v) is 8.55. The van der Waals surface area contributed by atoms with E-state index in [1.54, 1.807) is 7.11 Å². The molecule has 2 aromatic carbocycles. The molecular weight excluding hydrogens is 579 g/mol. The number of halogens is 1. The Hall–Kier alpha value is -3.17. The lowest BCUT2D eigenvalue weighted by molar-refractivity contribution is -0.108. The molecule has 9 heteroatoms. The SMILES string of the molecule is COc1ccc(CCN2C=Nc3cc(NC(=NC4C[C@@H]5C[C@H]([C@@H]4C)C5(C)C)N4CCN(CC5CCCO5)CC4)ccc3C2)c(F)c1. The molecule has 6 aliphatic rings. The minimum atomic E-state index is -0.227. The van der Waals surface area contributed by atoms with E-state index in [-0.39, 0.29) is 5.82 Å². The highest BCUT2D eigenvalue weighted by Gasteiger charge is 2.56. The van der Waals surface area contributed by atoms with Gasteiger partial charge in [-0.05, 0) is 84.6 Å². The molecular formula is C37H51FN6O2. The molecule has 3 aliphatic heterocycles. The van der Waals surface area contributed by atoms with Crippen LogP contribution in [0.1, 0.15) is 57.6 Å². The van der Waals surface area contributed by atoms with Crippen LogP contribution in [0, 0.1) is 29.0 Å². The van der Waals surface area contributed by atoms with Crippen molar-refractivity contribution >= 4 is 23.7 Å². The van der Waals surface area contributed by atoms with E-state index in [9.17, 15) is 4.39 Å². The maximum absolute atomic E-state index is 14.5. The number of ether oxygens (including phenoxy) is 2. The number of piperazine rings is 1. The number of hydrogen-bond donors (Lipinski definition) is 1. The number of nitrogens with one attached hydrogen (secondary N) is 1. The summed E-state index contributed by atoms with van der Waals surface area (Å²) in [7, 11) is 1.55. The predicted octanol–water partition coefficient (Wildman–Crippen LogP) is 6.19. The quantitative estimate of drug-likeness (QED) is 0.277. The summed E-state index contributed by atoms with van der Waals surface area (Å²) in [6, 6.07) is 11.9. The van der Waals surface area contributed by atoms with Gasteiger partial charge in [0.1, 0.15) is 11.6 Å². The van der Waals surface area contributed by atoms with Gasteiger partial charge in [0.15, 0.2) is 5.96 Å². The number of aliphatic imine (C=N–C) groups is 2. The zero-order valence-corrected chi connectivity index (χ0v) is 28.1. The average molecular weight is 631 g/mol. The summed E-state index contributed by atoms with van der Waals surface area (Å²) < 4.78 is 25.5. The van der Waals surface area contributed by atoms with Crippen LogP contribution in [0.4, 0.5) is 15.8 Å². The van der Waals surface area contributed by atoms with Crippen molar-refractivity contribution in [1.82, 2.24) is 14.7 Å². The molecule has 5 atom stereocenters. The van der Waals surface area contributed by atoms with Gasteiger partial charge >= 0.3 is 0 Å². The van der Waals surface area contributed by atoms with Crippen LogP contribution in [0.25, 0.3) is 0 Å². The molecule has 248 valence electrons. The average Bonchev–Trinajstić information content (AvgIpc) is 3.57. The molecule has 3 heterocycles. The van der Waals surface area contributed by atoms with Crippen molar-refractivity contribution in [2.45, 2.75) is 71.6 Å². The zero-order valence-electron chi connectivity index (χ0n) is 28.1. The molecule has 2 aromatic rings. The van der Waals surface area contributed by atoms with Crippen LogP contribution < -0.4 is 10.1 Å². The fourth-order valence-electron chi connectivity index (χ4n) is 8.55. The molecule has 0 radical (unpaired) electrons. The Kier molecular flexibility index (Phi) is 8.98. The number of anilines is 1. The Bertz CT molecular complexity index is 1450. The fraction of sp³-hybridized carbons (Fsp3) is 0.622. The number of rotatable bonds is 8. The van der Waals surface area contributed by atoms with E-state index in [1.807, 2.05) is 18.5 Å². The molecule has 3 aliphatic carbocycles. The van der Waals surface area contributed by atoms with Gasteiger partial charge in [0, 0.05) is 64.2 Å². The molecule has 1 N–H and O–H groups in total. The van der Waals surface area contributed by atoms with Crippen LogP contribution in [-0.2, 0) is 17.7 Å². The van der Waals surface area contributed by atoms with Gasteiger partial charge in [-0.3, -0.25) is 4.90 Å². The predicted molar refractivity (Wildman–Crippen MR) is 183 cm³/mol. The third kappa shape index (κ3) is 6.50. The first-order chi connectivity index (χ1) is 22.3. The highest BCUT2D eigenvalue weighted by Crippen LogP contribution is 2.61. The van der Waals surface area contributed by atoms with Crippen LogP contribution in [0.2, 0.25) is 0 Å². The lowest BCUT2D eigenvalue weighted by Gasteiger charge is -2.61. The Labute approximate surface area is 274 Å². The largest absolute Gasteiger partial charge is 0.497 e. The van der Waals surface area contributed by atoms with Crippen molar-refractivity contribution in [2.24, 2.45) is 33.2 Å². The van der Waals surface area contributed by atoms with Gasteiger partial charge in [0.2, 0.25) is 0 Å². The molecule has 2 saturated heterocycles. The standard InChI is InChI=1S/C37H51FN6O2/c1-25-32-18-28(37(32,2)3)19-34(25)41-36(44-15-13-42(14-16-44)23-31-6-5-17-46-31)40-29-9-7-27-22-43(24-39-35(27)20-29)12-11-26-8-10-30(45-4)21-33(26)38/h7-10,20-21,24-25,28,31-32,34H,5-6,11-19,22-23H2,1-4H3,(H,40,41)/t25-,28-,31?,32+,34?/m0/s1. The van der Waals surface area contributed by atoms with Gasteiger partial charge in [-0.1, -0.05) is 32.9 Å². The normalized spacial score (nSPS) is 29.0. The molecule has 0 spiro atoms. The van der Waals surface area contributed by atoms with E-state index >= 15 is 0 Å². The summed E-state index contributed by atoms with van der Waals surface area (Å²) in [4.78, 5) is 17.5. The summed E-state index contributed by atoms with van der Waals surface area (Å²) in [5.74, 6) is 3.44. The molecule has 2 unspecified atom stereocenters. The van der Waals surface area contributed by atoms with Gasteiger partial charge in [-0.25, -0.2) is 14.4 Å². The van der Waals surface area contributed by atoms with Crippen molar-refractivity contribution in [3.8, 4) is 5.75 Å². The number of benzene rings is 2. The summed E-state index contributed by atoms with van der Waals surface area (Å²) >= 11 is 0. The first-order valence-electron chi connectivity index (χ1n) is 17.4. The minimum Gasteiger partial charge on any atom is -0.497 e. The first kappa shape index (κ1) is 31.4. The van der Waals surface area contributed by atoms with Gasteiger partial charge < -0.3 is 24.6 Å². The van der Waals surface area contributed by atoms with Crippen LogP contribution in [0.15, 0.2) is 46.4 Å². The Morgan fingerprint density at radius 3 is 2.70 bits per heavy atom. The third-order valence-electron chi connectivity index (χ3n) is 11.8. The van der Waals surface area contributed by atoms with E-state index in [1.165, 1.54) is 37.3 Å². The number of nitrogens with zero attached hydrogens (tertiary/aromatic N) is 5. The lowest BCUT2D eigenvalue weighted by Crippen LogP contribution is -2.57. The molecule has 5 fully saturated rings. The minimum absolute atomic E-state index is 0.227. The summed E-state index contributed by atoms with van der Waals surface area (Å²) in [6.45, 7) is 14.7. The van der Waals surface area contributed by atoms with E-state index in [4.69, 9.17) is 19.5 Å². The molecule has 0 amide bonds. The van der Waals surface area contributed by atoms with Crippen molar-refractivity contribution in [1.29, 1.82) is 0 Å². The van der Waals surface area contributed by atoms with E-state index in [0.29, 0.717) is 47.8 Å². The number of fused-ring (bicyclic) bond motifs is 3. The van der Waals surface area contributed by atoms with Crippen molar-refractivity contribution in [3.63, 3.8) is 0 Å². The molecule has 0 aromatic heterocycles. The van der Waals surface area contributed by atoms with Crippen molar-refractivity contribution < 1.29 is 13.9 Å². The van der Waals surface area contributed by atoms with Gasteiger partial charge in [-0.2, -0.15) is 0 Å².